The topological polar surface area (TPSA) is 54.7 Å². The summed E-state index contributed by atoms with van der Waals surface area (Å²) in [6.07, 6.45) is 2.23. The van der Waals surface area contributed by atoms with Crippen molar-refractivity contribution in [3.63, 3.8) is 0 Å². The number of halogens is 2. The predicted octanol–water partition coefficient (Wildman–Crippen LogP) is 2.88. The molecule has 102 valence electrons. The van der Waals surface area contributed by atoms with Gasteiger partial charge < -0.3 is 10.7 Å². The molecule has 0 radical (unpaired) electrons. The van der Waals surface area contributed by atoms with Crippen molar-refractivity contribution >= 4 is 0 Å². The van der Waals surface area contributed by atoms with Crippen LogP contribution in [0.5, 0.6) is 0 Å². The van der Waals surface area contributed by atoms with E-state index < -0.39 is 11.6 Å². The van der Waals surface area contributed by atoms with Gasteiger partial charge in [0.05, 0.1) is 11.9 Å². The molecule has 0 aliphatic heterocycles. The average molecular weight is 265 g/mol. The van der Waals surface area contributed by atoms with Gasteiger partial charge in [0, 0.05) is 18.1 Å². The highest BCUT2D eigenvalue weighted by Crippen LogP contribution is 2.24. The number of H-pyrrole nitrogens is 1. The molecule has 3 N–H and O–H groups in total. The molecule has 2 rings (SSSR count). The number of nitrogens with zero attached hydrogens (tertiary/aromatic N) is 1. The highest BCUT2D eigenvalue weighted by atomic mass is 19.1. The number of rotatable bonds is 4. The zero-order chi connectivity index (χ0) is 14.0. The first kappa shape index (κ1) is 13.7. The highest BCUT2D eigenvalue weighted by molar-refractivity contribution is 5.59. The molecule has 0 spiro atoms. The van der Waals surface area contributed by atoms with E-state index in [2.05, 4.69) is 9.97 Å². The number of imidazole rings is 1. The lowest BCUT2D eigenvalue weighted by Gasteiger charge is -2.20. The van der Waals surface area contributed by atoms with E-state index in [-0.39, 0.29) is 5.41 Å². The Morgan fingerprint density at radius 2 is 2.05 bits per heavy atom. The summed E-state index contributed by atoms with van der Waals surface area (Å²) in [5.41, 5.74) is 6.45. The SMILES string of the molecule is CC(C)(CN)Cc1ncc(-c2ccc(F)cc2F)[nH]1. The minimum absolute atomic E-state index is 0.0730. The van der Waals surface area contributed by atoms with E-state index >= 15 is 0 Å². The van der Waals surface area contributed by atoms with E-state index in [1.807, 2.05) is 13.8 Å². The van der Waals surface area contributed by atoms with Crippen molar-refractivity contribution in [2.24, 2.45) is 11.1 Å². The lowest BCUT2D eigenvalue weighted by molar-refractivity contribution is 0.369. The Labute approximate surface area is 110 Å². The number of hydrogen-bond acceptors (Lipinski definition) is 2. The number of nitrogens with one attached hydrogen (secondary N) is 1. The van der Waals surface area contributed by atoms with Crippen LogP contribution in [0.1, 0.15) is 19.7 Å². The van der Waals surface area contributed by atoms with E-state index in [0.717, 1.165) is 11.9 Å². The average Bonchev–Trinajstić information content (AvgIpc) is 2.76. The second-order valence-electron chi connectivity index (χ2n) is 5.41. The molecule has 0 aliphatic rings. The Balaban J connectivity index is 2.26. The maximum Gasteiger partial charge on any atom is 0.135 e. The van der Waals surface area contributed by atoms with Crippen molar-refractivity contribution in [1.29, 1.82) is 0 Å². The standard InChI is InChI=1S/C14H17F2N3/c1-14(2,8-17)6-13-18-7-12(19-13)10-4-3-9(15)5-11(10)16/h3-5,7H,6,8,17H2,1-2H3,(H,18,19). The highest BCUT2D eigenvalue weighted by Gasteiger charge is 2.18. The summed E-state index contributed by atoms with van der Waals surface area (Å²) in [6.45, 7) is 4.61. The van der Waals surface area contributed by atoms with E-state index in [0.29, 0.717) is 24.2 Å². The Morgan fingerprint density at radius 3 is 2.68 bits per heavy atom. The molecule has 0 bridgehead atoms. The molecule has 0 amide bonds. The van der Waals surface area contributed by atoms with E-state index in [9.17, 15) is 8.78 Å². The second-order valence-corrected chi connectivity index (χ2v) is 5.41. The maximum atomic E-state index is 13.6. The van der Waals surface area contributed by atoms with Gasteiger partial charge in [-0.25, -0.2) is 13.8 Å². The minimum atomic E-state index is -0.603. The zero-order valence-electron chi connectivity index (χ0n) is 11.0. The predicted molar refractivity (Wildman–Crippen MR) is 70.5 cm³/mol. The number of benzene rings is 1. The van der Waals surface area contributed by atoms with Gasteiger partial charge in [-0.05, 0) is 24.1 Å². The van der Waals surface area contributed by atoms with Gasteiger partial charge in [-0.1, -0.05) is 13.8 Å². The molecular weight excluding hydrogens is 248 g/mol. The van der Waals surface area contributed by atoms with Gasteiger partial charge in [-0.2, -0.15) is 0 Å². The summed E-state index contributed by atoms with van der Waals surface area (Å²) in [7, 11) is 0. The Morgan fingerprint density at radius 1 is 1.32 bits per heavy atom. The smallest absolute Gasteiger partial charge is 0.135 e. The van der Waals surface area contributed by atoms with E-state index in [4.69, 9.17) is 5.73 Å². The van der Waals surface area contributed by atoms with Crippen LogP contribution in [0.4, 0.5) is 8.78 Å². The monoisotopic (exact) mass is 265 g/mol. The van der Waals surface area contributed by atoms with Gasteiger partial charge in [-0.3, -0.25) is 0 Å². The van der Waals surface area contributed by atoms with Crippen LogP contribution >= 0.6 is 0 Å². The Bertz CT molecular complexity index is 576. The van der Waals surface area contributed by atoms with Crippen LogP contribution in [-0.2, 0) is 6.42 Å². The molecule has 0 fully saturated rings. The molecule has 0 aliphatic carbocycles. The first-order valence-electron chi connectivity index (χ1n) is 6.11. The molecule has 3 nitrogen and oxygen atoms in total. The summed E-state index contributed by atoms with van der Waals surface area (Å²) < 4.78 is 26.5. The molecule has 5 heteroatoms. The van der Waals surface area contributed by atoms with Crippen LogP contribution in [-0.4, -0.2) is 16.5 Å². The normalized spacial score (nSPS) is 11.8. The summed E-state index contributed by atoms with van der Waals surface area (Å²) >= 11 is 0. The maximum absolute atomic E-state index is 13.6. The van der Waals surface area contributed by atoms with Crippen LogP contribution in [0.3, 0.4) is 0 Å². The molecule has 0 unspecified atom stereocenters. The van der Waals surface area contributed by atoms with E-state index in [1.165, 1.54) is 12.1 Å². The van der Waals surface area contributed by atoms with Crippen molar-refractivity contribution < 1.29 is 8.78 Å². The van der Waals surface area contributed by atoms with Crippen molar-refractivity contribution in [3.05, 3.63) is 41.9 Å². The largest absolute Gasteiger partial charge is 0.342 e. The van der Waals surface area contributed by atoms with E-state index in [1.54, 1.807) is 6.20 Å². The summed E-state index contributed by atoms with van der Waals surface area (Å²) in [4.78, 5) is 7.27. The van der Waals surface area contributed by atoms with Gasteiger partial charge in [0.2, 0.25) is 0 Å². The molecule has 1 aromatic carbocycles. The molecule has 0 saturated heterocycles. The Kier molecular flexibility index (Phi) is 3.66. The van der Waals surface area contributed by atoms with Crippen molar-refractivity contribution in [2.45, 2.75) is 20.3 Å². The summed E-state index contributed by atoms with van der Waals surface area (Å²) in [6, 6.07) is 3.48. The van der Waals surface area contributed by atoms with Crippen LogP contribution in [0.15, 0.2) is 24.4 Å². The second kappa shape index (κ2) is 5.09. The third kappa shape index (κ3) is 3.17. The lowest BCUT2D eigenvalue weighted by Crippen LogP contribution is -2.26. The van der Waals surface area contributed by atoms with Gasteiger partial charge in [0.25, 0.3) is 0 Å². The molecule has 19 heavy (non-hydrogen) atoms. The number of aromatic amines is 1. The fraction of sp³-hybridized carbons (Fsp3) is 0.357. The number of hydrogen-bond donors (Lipinski definition) is 2. The quantitative estimate of drug-likeness (QED) is 0.893. The lowest BCUT2D eigenvalue weighted by atomic mass is 9.89. The summed E-state index contributed by atoms with van der Waals surface area (Å²) in [5, 5.41) is 0. The third-order valence-corrected chi connectivity index (χ3v) is 3.05. The Hall–Kier alpha value is -1.75. The van der Waals surface area contributed by atoms with Gasteiger partial charge in [0.1, 0.15) is 17.5 Å². The third-order valence-electron chi connectivity index (χ3n) is 3.05. The van der Waals surface area contributed by atoms with Gasteiger partial charge in [0.15, 0.2) is 0 Å². The molecule has 0 atom stereocenters. The van der Waals surface area contributed by atoms with Crippen molar-refractivity contribution in [2.75, 3.05) is 6.54 Å². The fourth-order valence-electron chi connectivity index (χ4n) is 1.82. The van der Waals surface area contributed by atoms with Crippen LogP contribution in [0.25, 0.3) is 11.3 Å². The van der Waals surface area contributed by atoms with Crippen LogP contribution < -0.4 is 5.73 Å². The van der Waals surface area contributed by atoms with Crippen LogP contribution in [0, 0.1) is 17.0 Å². The first-order valence-corrected chi connectivity index (χ1v) is 6.11. The van der Waals surface area contributed by atoms with Gasteiger partial charge in [-0.15, -0.1) is 0 Å². The van der Waals surface area contributed by atoms with Crippen molar-refractivity contribution in [1.82, 2.24) is 9.97 Å². The van der Waals surface area contributed by atoms with Crippen molar-refractivity contribution in [3.8, 4) is 11.3 Å². The number of nitrogens with two attached hydrogens (primary N) is 1. The molecular formula is C14H17F2N3. The van der Waals surface area contributed by atoms with Gasteiger partial charge >= 0.3 is 0 Å². The fourth-order valence-corrected chi connectivity index (χ4v) is 1.82. The molecule has 1 heterocycles. The molecule has 0 saturated carbocycles. The summed E-state index contributed by atoms with van der Waals surface area (Å²) in [5.74, 6) is -0.451. The zero-order valence-corrected chi connectivity index (χ0v) is 11.0. The number of aromatic nitrogens is 2. The molecule has 1 aromatic heterocycles. The first-order chi connectivity index (χ1) is 8.91. The van der Waals surface area contributed by atoms with Crippen LogP contribution in [0.2, 0.25) is 0 Å². The molecule has 2 aromatic rings. The minimum Gasteiger partial charge on any atom is -0.342 e.